The lowest BCUT2D eigenvalue weighted by molar-refractivity contribution is -0.120. The predicted molar refractivity (Wildman–Crippen MR) is 54.8 cm³/mol. The summed E-state index contributed by atoms with van der Waals surface area (Å²) in [5.41, 5.74) is 7.65. The maximum Gasteiger partial charge on any atom is 0.136 e. The van der Waals surface area contributed by atoms with Gasteiger partial charge in [0.2, 0.25) is 0 Å². The van der Waals surface area contributed by atoms with E-state index >= 15 is 0 Å². The van der Waals surface area contributed by atoms with Crippen LogP contribution < -0.4 is 5.73 Å². The van der Waals surface area contributed by atoms with Crippen molar-refractivity contribution in [3.63, 3.8) is 0 Å². The molecule has 1 fully saturated rings. The van der Waals surface area contributed by atoms with Gasteiger partial charge in [0.15, 0.2) is 0 Å². The van der Waals surface area contributed by atoms with Gasteiger partial charge in [-0.3, -0.25) is 9.78 Å². The molecule has 3 nitrogen and oxygen atoms in total. The quantitative estimate of drug-likeness (QED) is 0.734. The van der Waals surface area contributed by atoms with Gasteiger partial charge >= 0.3 is 0 Å². The molecule has 1 aliphatic carbocycles. The zero-order valence-electron chi connectivity index (χ0n) is 8.23. The van der Waals surface area contributed by atoms with E-state index in [1.54, 1.807) is 18.5 Å². The first kappa shape index (κ1) is 9.19. The van der Waals surface area contributed by atoms with Gasteiger partial charge in [0.25, 0.3) is 0 Å². The van der Waals surface area contributed by atoms with Gasteiger partial charge in [-0.1, -0.05) is 6.92 Å². The molecule has 2 N–H and O–H groups in total. The normalized spacial score (nSPS) is 26.8. The molecule has 2 unspecified atom stereocenters. The Morgan fingerprint density at radius 2 is 2.36 bits per heavy atom. The van der Waals surface area contributed by atoms with Gasteiger partial charge in [-0.2, -0.15) is 0 Å². The summed E-state index contributed by atoms with van der Waals surface area (Å²) in [6.07, 6.45) is 5.06. The lowest BCUT2D eigenvalue weighted by atomic mass is 9.90. The van der Waals surface area contributed by atoms with Crippen molar-refractivity contribution in [3.05, 3.63) is 24.0 Å². The van der Waals surface area contributed by atoms with Crippen LogP contribution in [0.1, 0.15) is 31.2 Å². The van der Waals surface area contributed by atoms with E-state index in [2.05, 4.69) is 4.98 Å². The molecule has 0 aromatic carbocycles. The molecule has 3 heteroatoms. The molecule has 1 aromatic heterocycles. The largest absolute Gasteiger partial charge is 0.398 e. The highest BCUT2D eigenvalue weighted by Gasteiger charge is 2.32. The van der Waals surface area contributed by atoms with E-state index in [0.29, 0.717) is 12.2 Å². The van der Waals surface area contributed by atoms with E-state index in [0.717, 1.165) is 17.7 Å². The molecular weight excluding hydrogens is 176 g/mol. The number of nitrogen functional groups attached to an aromatic ring is 1. The lowest BCUT2D eigenvalue weighted by Gasteiger charge is -2.15. The van der Waals surface area contributed by atoms with Crippen LogP contribution in [0, 0.1) is 5.92 Å². The van der Waals surface area contributed by atoms with Crippen molar-refractivity contribution in [1.29, 1.82) is 0 Å². The van der Waals surface area contributed by atoms with E-state index in [9.17, 15) is 4.79 Å². The first-order chi connectivity index (χ1) is 6.70. The van der Waals surface area contributed by atoms with Crippen LogP contribution in [0.3, 0.4) is 0 Å². The summed E-state index contributed by atoms with van der Waals surface area (Å²) in [7, 11) is 0. The highest BCUT2D eigenvalue weighted by atomic mass is 16.1. The molecule has 0 spiro atoms. The van der Waals surface area contributed by atoms with Gasteiger partial charge in [-0.25, -0.2) is 0 Å². The van der Waals surface area contributed by atoms with Gasteiger partial charge in [-0.05, 0) is 24.0 Å². The number of ketones is 1. The maximum atomic E-state index is 11.4. The maximum absolute atomic E-state index is 11.4. The highest BCUT2D eigenvalue weighted by Crippen LogP contribution is 2.38. The Morgan fingerprint density at radius 3 is 2.93 bits per heavy atom. The standard InChI is InChI=1S/C11H14N2O/c1-7-8(2-3-11(7)14)9-6-13-5-4-10(9)12/h4-8H,2-3H2,1H3,(H2,12,13). The zero-order chi connectivity index (χ0) is 10.1. The summed E-state index contributed by atoms with van der Waals surface area (Å²) < 4.78 is 0. The fourth-order valence-corrected chi connectivity index (χ4v) is 2.15. The average Bonchev–Trinajstić information content (AvgIpc) is 2.49. The van der Waals surface area contributed by atoms with E-state index < -0.39 is 0 Å². The van der Waals surface area contributed by atoms with Crippen molar-refractivity contribution in [2.45, 2.75) is 25.7 Å². The van der Waals surface area contributed by atoms with Crippen LogP contribution in [0.25, 0.3) is 0 Å². The van der Waals surface area contributed by atoms with Crippen molar-refractivity contribution in [3.8, 4) is 0 Å². The summed E-state index contributed by atoms with van der Waals surface area (Å²) in [6.45, 7) is 1.98. The third-order valence-electron chi connectivity index (χ3n) is 3.10. The minimum absolute atomic E-state index is 0.0986. The summed E-state index contributed by atoms with van der Waals surface area (Å²) in [5.74, 6) is 0.718. The molecule has 14 heavy (non-hydrogen) atoms. The van der Waals surface area contributed by atoms with E-state index in [4.69, 9.17) is 5.73 Å². The number of hydrogen-bond acceptors (Lipinski definition) is 3. The van der Waals surface area contributed by atoms with E-state index in [1.807, 2.05) is 6.92 Å². The number of aromatic nitrogens is 1. The van der Waals surface area contributed by atoms with Gasteiger partial charge in [-0.15, -0.1) is 0 Å². The minimum Gasteiger partial charge on any atom is -0.398 e. The van der Waals surface area contributed by atoms with Crippen LogP contribution in [0.15, 0.2) is 18.5 Å². The molecule has 1 saturated carbocycles. The lowest BCUT2D eigenvalue weighted by Crippen LogP contribution is -2.10. The fourth-order valence-electron chi connectivity index (χ4n) is 2.15. The Kier molecular flexibility index (Phi) is 2.23. The molecular formula is C11H14N2O. The van der Waals surface area contributed by atoms with Gasteiger partial charge < -0.3 is 5.73 Å². The molecule has 0 bridgehead atoms. The fraction of sp³-hybridized carbons (Fsp3) is 0.455. The number of carbonyl (C=O) groups excluding carboxylic acids is 1. The molecule has 0 amide bonds. The average molecular weight is 190 g/mol. The van der Waals surface area contributed by atoms with Crippen LogP contribution in [0.4, 0.5) is 5.69 Å². The Labute approximate surface area is 83.3 Å². The summed E-state index contributed by atoms with van der Waals surface area (Å²) >= 11 is 0. The smallest absolute Gasteiger partial charge is 0.136 e. The third kappa shape index (κ3) is 1.39. The molecule has 1 aliphatic rings. The second-order valence-corrected chi connectivity index (χ2v) is 3.90. The first-order valence-corrected chi connectivity index (χ1v) is 4.92. The number of hydrogen-bond donors (Lipinski definition) is 1. The van der Waals surface area contributed by atoms with Crippen LogP contribution >= 0.6 is 0 Å². The van der Waals surface area contributed by atoms with Crippen molar-refractivity contribution in [2.75, 3.05) is 5.73 Å². The number of nitrogens with two attached hydrogens (primary N) is 1. The van der Waals surface area contributed by atoms with Crippen molar-refractivity contribution in [1.82, 2.24) is 4.98 Å². The van der Waals surface area contributed by atoms with Crippen molar-refractivity contribution >= 4 is 11.5 Å². The monoisotopic (exact) mass is 190 g/mol. The van der Waals surface area contributed by atoms with Gasteiger partial charge in [0, 0.05) is 30.4 Å². The molecule has 0 aliphatic heterocycles. The first-order valence-electron chi connectivity index (χ1n) is 4.92. The molecule has 2 atom stereocenters. The number of Topliss-reactive ketones (excluding diaryl/α,β-unsaturated/α-hetero) is 1. The predicted octanol–water partition coefficient (Wildman–Crippen LogP) is 1.75. The number of carbonyl (C=O) groups is 1. The number of rotatable bonds is 1. The van der Waals surface area contributed by atoms with Gasteiger partial charge in [0.05, 0.1) is 0 Å². The second-order valence-electron chi connectivity index (χ2n) is 3.90. The molecule has 1 aromatic rings. The Hall–Kier alpha value is -1.38. The zero-order valence-corrected chi connectivity index (χ0v) is 8.23. The molecule has 0 radical (unpaired) electrons. The second kappa shape index (κ2) is 3.40. The Balaban J connectivity index is 2.32. The van der Waals surface area contributed by atoms with Crippen molar-refractivity contribution in [2.24, 2.45) is 5.92 Å². The minimum atomic E-state index is 0.0986. The number of anilines is 1. The number of pyridine rings is 1. The topological polar surface area (TPSA) is 56.0 Å². The van der Waals surface area contributed by atoms with Crippen LogP contribution in [0.2, 0.25) is 0 Å². The summed E-state index contributed by atoms with van der Waals surface area (Å²) in [6, 6.07) is 1.80. The summed E-state index contributed by atoms with van der Waals surface area (Å²) in [4.78, 5) is 15.5. The van der Waals surface area contributed by atoms with Crippen LogP contribution in [0.5, 0.6) is 0 Å². The third-order valence-corrected chi connectivity index (χ3v) is 3.10. The van der Waals surface area contributed by atoms with Gasteiger partial charge in [0.1, 0.15) is 5.78 Å². The SMILES string of the molecule is CC1C(=O)CCC1c1cnccc1N. The van der Waals surface area contributed by atoms with E-state index in [-0.39, 0.29) is 11.8 Å². The summed E-state index contributed by atoms with van der Waals surface area (Å²) in [5, 5.41) is 0. The van der Waals surface area contributed by atoms with Crippen LogP contribution in [-0.4, -0.2) is 10.8 Å². The van der Waals surface area contributed by atoms with Crippen LogP contribution in [-0.2, 0) is 4.79 Å². The highest BCUT2D eigenvalue weighted by molar-refractivity contribution is 5.84. The molecule has 1 heterocycles. The molecule has 2 rings (SSSR count). The molecule has 74 valence electrons. The number of nitrogens with zero attached hydrogens (tertiary/aromatic N) is 1. The Morgan fingerprint density at radius 1 is 1.57 bits per heavy atom. The Bertz CT molecular complexity index is 362. The van der Waals surface area contributed by atoms with E-state index in [1.165, 1.54) is 0 Å². The molecule has 0 saturated heterocycles. The van der Waals surface area contributed by atoms with Crippen molar-refractivity contribution < 1.29 is 4.79 Å².